The van der Waals surface area contributed by atoms with Gasteiger partial charge in [-0.25, -0.2) is 0 Å². The van der Waals surface area contributed by atoms with E-state index in [9.17, 15) is 0 Å². The van der Waals surface area contributed by atoms with Crippen molar-refractivity contribution in [3.05, 3.63) is 12.2 Å². The van der Waals surface area contributed by atoms with Gasteiger partial charge in [0.1, 0.15) is 0 Å². The van der Waals surface area contributed by atoms with Gasteiger partial charge < -0.3 is 5.11 Å². The van der Waals surface area contributed by atoms with Crippen LogP contribution in [0.2, 0.25) is 0 Å². The standard InChI is InChI=1S/C7H12O/c1-2-6-3-4-7(6)5-8/h3-4,6-8H,2,5H2,1H3/t6-,7-/m1/s1. The first-order valence-corrected chi connectivity index (χ1v) is 3.17. The summed E-state index contributed by atoms with van der Waals surface area (Å²) in [6.45, 7) is 2.48. The highest BCUT2D eigenvalue weighted by Crippen LogP contribution is 2.26. The maximum absolute atomic E-state index is 8.64. The first-order chi connectivity index (χ1) is 3.88. The lowest BCUT2D eigenvalue weighted by Gasteiger charge is -2.25. The smallest absolute Gasteiger partial charge is 0.0499 e. The maximum Gasteiger partial charge on any atom is 0.0499 e. The number of hydrogen-bond donors (Lipinski definition) is 1. The van der Waals surface area contributed by atoms with Crippen molar-refractivity contribution in [2.24, 2.45) is 11.8 Å². The lowest BCUT2D eigenvalue weighted by Crippen LogP contribution is -2.20. The number of rotatable bonds is 2. The normalized spacial score (nSPS) is 34.8. The topological polar surface area (TPSA) is 20.2 Å². The molecule has 0 saturated carbocycles. The number of aliphatic hydroxyl groups excluding tert-OH is 1. The molecule has 0 bridgehead atoms. The fourth-order valence-electron chi connectivity index (χ4n) is 1.06. The van der Waals surface area contributed by atoms with Gasteiger partial charge in [0.05, 0.1) is 0 Å². The molecule has 1 aliphatic carbocycles. The van der Waals surface area contributed by atoms with Crippen molar-refractivity contribution in [2.45, 2.75) is 13.3 Å². The van der Waals surface area contributed by atoms with Crippen molar-refractivity contribution < 1.29 is 5.11 Å². The summed E-state index contributed by atoms with van der Waals surface area (Å²) < 4.78 is 0. The molecule has 0 aromatic rings. The van der Waals surface area contributed by atoms with E-state index in [1.54, 1.807) is 0 Å². The van der Waals surface area contributed by atoms with Crippen LogP contribution in [-0.2, 0) is 0 Å². The molecule has 1 rings (SSSR count). The zero-order chi connectivity index (χ0) is 5.98. The Labute approximate surface area is 50.0 Å². The second-order valence-corrected chi connectivity index (χ2v) is 2.30. The van der Waals surface area contributed by atoms with Crippen molar-refractivity contribution in [2.75, 3.05) is 6.61 Å². The Morgan fingerprint density at radius 3 is 2.12 bits per heavy atom. The van der Waals surface area contributed by atoms with Crippen LogP contribution in [0, 0.1) is 11.8 Å². The molecule has 1 heteroatoms. The Morgan fingerprint density at radius 2 is 2.00 bits per heavy atom. The minimum atomic E-state index is 0.328. The summed E-state index contributed by atoms with van der Waals surface area (Å²) in [4.78, 5) is 0. The molecule has 0 spiro atoms. The van der Waals surface area contributed by atoms with E-state index in [1.807, 2.05) is 0 Å². The molecule has 0 heterocycles. The molecule has 1 aliphatic rings. The SMILES string of the molecule is CC[C@@H]1C=C[C@@H]1CO. The zero-order valence-electron chi connectivity index (χ0n) is 5.17. The van der Waals surface area contributed by atoms with Crippen LogP contribution < -0.4 is 0 Å². The van der Waals surface area contributed by atoms with Crippen LogP contribution >= 0.6 is 0 Å². The Bertz CT molecular complexity index is 84.6. The van der Waals surface area contributed by atoms with Gasteiger partial charge in [-0.15, -0.1) is 0 Å². The van der Waals surface area contributed by atoms with Crippen LogP contribution in [0.4, 0.5) is 0 Å². The van der Waals surface area contributed by atoms with Gasteiger partial charge in [-0.1, -0.05) is 19.1 Å². The van der Waals surface area contributed by atoms with Gasteiger partial charge >= 0.3 is 0 Å². The van der Waals surface area contributed by atoms with Gasteiger partial charge in [-0.05, 0) is 12.3 Å². The fraction of sp³-hybridized carbons (Fsp3) is 0.714. The lowest BCUT2D eigenvalue weighted by atomic mass is 9.81. The Kier molecular flexibility index (Phi) is 1.69. The van der Waals surface area contributed by atoms with E-state index in [0.29, 0.717) is 18.4 Å². The third-order valence-electron chi connectivity index (χ3n) is 1.84. The predicted octanol–water partition coefficient (Wildman–Crippen LogP) is 1.19. The van der Waals surface area contributed by atoms with E-state index in [4.69, 9.17) is 5.11 Å². The van der Waals surface area contributed by atoms with Gasteiger partial charge in [-0.3, -0.25) is 0 Å². The van der Waals surface area contributed by atoms with Gasteiger partial charge in [0.25, 0.3) is 0 Å². The second-order valence-electron chi connectivity index (χ2n) is 2.30. The number of aliphatic hydroxyl groups is 1. The molecule has 8 heavy (non-hydrogen) atoms. The highest BCUT2D eigenvalue weighted by atomic mass is 16.3. The summed E-state index contributed by atoms with van der Waals surface area (Å²) in [5, 5.41) is 8.64. The average Bonchev–Trinajstić information content (AvgIpc) is 1.66. The number of allylic oxidation sites excluding steroid dienone is 1. The van der Waals surface area contributed by atoms with Gasteiger partial charge in [0.2, 0.25) is 0 Å². The predicted molar refractivity (Wildman–Crippen MR) is 33.5 cm³/mol. The molecule has 0 fully saturated rings. The maximum atomic E-state index is 8.64. The van der Waals surface area contributed by atoms with Crippen LogP contribution in [0.5, 0.6) is 0 Å². The Hall–Kier alpha value is -0.300. The molecule has 0 amide bonds. The summed E-state index contributed by atoms with van der Waals surface area (Å²) in [6.07, 6.45) is 5.41. The van der Waals surface area contributed by atoms with E-state index in [1.165, 1.54) is 6.42 Å². The van der Waals surface area contributed by atoms with Crippen LogP contribution in [0.1, 0.15) is 13.3 Å². The van der Waals surface area contributed by atoms with Crippen molar-refractivity contribution >= 4 is 0 Å². The third kappa shape index (κ3) is 0.781. The van der Waals surface area contributed by atoms with E-state index in [-0.39, 0.29) is 0 Å². The molecule has 0 saturated heterocycles. The molecule has 2 atom stereocenters. The van der Waals surface area contributed by atoms with Gasteiger partial charge in [0, 0.05) is 12.5 Å². The monoisotopic (exact) mass is 112 g/mol. The quantitative estimate of drug-likeness (QED) is 0.532. The van der Waals surface area contributed by atoms with Crippen molar-refractivity contribution in [3.63, 3.8) is 0 Å². The highest BCUT2D eigenvalue weighted by Gasteiger charge is 2.20. The van der Waals surface area contributed by atoms with E-state index in [0.717, 1.165) is 0 Å². The minimum absolute atomic E-state index is 0.328. The molecule has 0 unspecified atom stereocenters. The molecule has 0 aliphatic heterocycles. The first-order valence-electron chi connectivity index (χ1n) is 3.17. The van der Waals surface area contributed by atoms with Crippen LogP contribution in [0.25, 0.3) is 0 Å². The number of hydrogen-bond acceptors (Lipinski definition) is 1. The fourth-order valence-corrected chi connectivity index (χ4v) is 1.06. The van der Waals surface area contributed by atoms with Crippen molar-refractivity contribution in [3.8, 4) is 0 Å². The summed E-state index contributed by atoms with van der Waals surface area (Å²) in [7, 11) is 0. The minimum Gasteiger partial charge on any atom is -0.396 e. The molecule has 1 N–H and O–H groups in total. The lowest BCUT2D eigenvalue weighted by molar-refractivity contribution is 0.207. The van der Waals surface area contributed by atoms with Crippen LogP contribution in [-0.4, -0.2) is 11.7 Å². The molecule has 0 aromatic carbocycles. The molecule has 46 valence electrons. The van der Waals surface area contributed by atoms with Gasteiger partial charge in [0.15, 0.2) is 0 Å². The summed E-state index contributed by atoms with van der Waals surface area (Å²) >= 11 is 0. The Balaban J connectivity index is 2.30. The summed E-state index contributed by atoms with van der Waals surface area (Å²) in [5.41, 5.74) is 0. The highest BCUT2D eigenvalue weighted by molar-refractivity contribution is 5.08. The van der Waals surface area contributed by atoms with Gasteiger partial charge in [-0.2, -0.15) is 0 Å². The summed E-state index contributed by atoms with van der Waals surface area (Å²) in [5.74, 6) is 1.14. The van der Waals surface area contributed by atoms with Crippen LogP contribution in [0.15, 0.2) is 12.2 Å². The first kappa shape index (κ1) is 5.83. The van der Waals surface area contributed by atoms with E-state index < -0.39 is 0 Å². The molecule has 0 aromatic heterocycles. The largest absolute Gasteiger partial charge is 0.396 e. The van der Waals surface area contributed by atoms with E-state index >= 15 is 0 Å². The average molecular weight is 112 g/mol. The third-order valence-corrected chi connectivity index (χ3v) is 1.84. The van der Waals surface area contributed by atoms with E-state index in [2.05, 4.69) is 19.1 Å². The van der Waals surface area contributed by atoms with Crippen molar-refractivity contribution in [1.29, 1.82) is 0 Å². The molecule has 1 nitrogen and oxygen atoms in total. The Morgan fingerprint density at radius 1 is 1.38 bits per heavy atom. The van der Waals surface area contributed by atoms with Crippen molar-refractivity contribution in [1.82, 2.24) is 0 Å². The zero-order valence-corrected chi connectivity index (χ0v) is 5.17. The summed E-state index contributed by atoms with van der Waals surface area (Å²) in [6, 6.07) is 0. The molecular weight excluding hydrogens is 100 g/mol. The van der Waals surface area contributed by atoms with Crippen LogP contribution in [0.3, 0.4) is 0 Å². The second kappa shape index (κ2) is 2.31. The molecule has 0 radical (unpaired) electrons. The molecular formula is C7H12O.